The molecule has 1 aromatic rings. The molecule has 3 nitrogen and oxygen atoms in total. The number of halogens is 2. The zero-order valence-electron chi connectivity index (χ0n) is 9.36. The third-order valence-corrected chi connectivity index (χ3v) is 3.66. The number of hydrogen-bond donors (Lipinski definition) is 1. The van der Waals surface area contributed by atoms with Crippen LogP contribution in [0.5, 0.6) is 0 Å². The Morgan fingerprint density at radius 1 is 1.47 bits per heavy atom. The van der Waals surface area contributed by atoms with Gasteiger partial charge < -0.3 is 5.11 Å². The highest BCUT2D eigenvalue weighted by molar-refractivity contribution is 7.90. The average molecular weight is 281 g/mol. The highest BCUT2D eigenvalue weighted by Gasteiger charge is 2.11. The molecule has 1 aromatic carbocycles. The molecule has 0 amide bonds. The van der Waals surface area contributed by atoms with E-state index in [9.17, 15) is 17.9 Å². The van der Waals surface area contributed by atoms with Crippen molar-refractivity contribution >= 4 is 21.4 Å². The average Bonchev–Trinajstić information content (AvgIpc) is 2.20. The van der Waals surface area contributed by atoms with Gasteiger partial charge in [-0.15, -0.1) is 0 Å². The van der Waals surface area contributed by atoms with Crippen molar-refractivity contribution in [1.82, 2.24) is 0 Å². The molecule has 96 valence electrons. The van der Waals surface area contributed by atoms with E-state index < -0.39 is 21.8 Å². The summed E-state index contributed by atoms with van der Waals surface area (Å²) in [5, 5.41) is 9.73. The summed E-state index contributed by atoms with van der Waals surface area (Å²) in [5.41, 5.74) is 0.403. The highest BCUT2D eigenvalue weighted by atomic mass is 35.5. The molecule has 6 heteroatoms. The molecule has 0 spiro atoms. The van der Waals surface area contributed by atoms with Crippen LogP contribution in [0.3, 0.4) is 0 Å². The van der Waals surface area contributed by atoms with E-state index >= 15 is 0 Å². The molecule has 0 bridgehead atoms. The lowest BCUT2D eigenvalue weighted by molar-refractivity contribution is 0.166. The Morgan fingerprint density at radius 2 is 2.12 bits per heavy atom. The molecular formula is C11H14ClFO3S. The topological polar surface area (TPSA) is 54.4 Å². The van der Waals surface area contributed by atoms with Crippen molar-refractivity contribution in [2.45, 2.75) is 18.9 Å². The van der Waals surface area contributed by atoms with E-state index in [1.807, 2.05) is 0 Å². The molecule has 0 heterocycles. The first-order chi connectivity index (χ1) is 7.79. The molecule has 0 saturated heterocycles. The van der Waals surface area contributed by atoms with Crippen molar-refractivity contribution in [3.63, 3.8) is 0 Å². The minimum atomic E-state index is -3.02. The van der Waals surface area contributed by atoms with Crippen molar-refractivity contribution in [3.8, 4) is 0 Å². The summed E-state index contributed by atoms with van der Waals surface area (Å²) >= 11 is 5.51. The van der Waals surface area contributed by atoms with Crippen molar-refractivity contribution in [2.24, 2.45) is 0 Å². The second kappa shape index (κ2) is 5.80. The second-order valence-corrected chi connectivity index (χ2v) is 6.63. The Bertz CT molecular complexity index is 487. The number of rotatable bonds is 5. The van der Waals surface area contributed by atoms with Gasteiger partial charge in [0.15, 0.2) is 0 Å². The van der Waals surface area contributed by atoms with Crippen molar-refractivity contribution in [3.05, 3.63) is 34.6 Å². The van der Waals surface area contributed by atoms with Gasteiger partial charge in [-0.1, -0.05) is 17.7 Å². The largest absolute Gasteiger partial charge is 0.388 e. The van der Waals surface area contributed by atoms with Crippen LogP contribution >= 0.6 is 11.6 Å². The third kappa shape index (κ3) is 5.02. The van der Waals surface area contributed by atoms with Gasteiger partial charge in [0.25, 0.3) is 0 Å². The summed E-state index contributed by atoms with van der Waals surface area (Å²) in [6.07, 6.45) is 0.878. The lowest BCUT2D eigenvalue weighted by Gasteiger charge is -2.10. The van der Waals surface area contributed by atoms with E-state index in [0.29, 0.717) is 12.0 Å². The molecule has 0 aliphatic carbocycles. The molecule has 0 aromatic heterocycles. The van der Waals surface area contributed by atoms with Gasteiger partial charge in [0.2, 0.25) is 0 Å². The van der Waals surface area contributed by atoms with Gasteiger partial charge >= 0.3 is 0 Å². The predicted molar refractivity (Wildman–Crippen MR) is 65.3 cm³/mol. The van der Waals surface area contributed by atoms with E-state index in [1.54, 1.807) is 0 Å². The van der Waals surface area contributed by atoms with Gasteiger partial charge in [-0.25, -0.2) is 12.8 Å². The number of aliphatic hydroxyl groups excluding tert-OH is 1. The molecule has 0 fully saturated rings. The zero-order valence-corrected chi connectivity index (χ0v) is 10.9. The summed E-state index contributed by atoms with van der Waals surface area (Å²) in [7, 11) is -3.02. The number of aliphatic hydroxyl groups is 1. The molecule has 17 heavy (non-hydrogen) atoms. The van der Waals surface area contributed by atoms with E-state index in [4.69, 9.17) is 11.6 Å². The van der Waals surface area contributed by atoms with Crippen molar-refractivity contribution < 1.29 is 17.9 Å². The molecule has 0 aliphatic rings. The molecule has 0 radical (unpaired) electrons. The fraction of sp³-hybridized carbons (Fsp3) is 0.455. The van der Waals surface area contributed by atoms with Crippen LogP contribution in [0.4, 0.5) is 4.39 Å². The van der Waals surface area contributed by atoms with Gasteiger partial charge in [0, 0.05) is 12.0 Å². The SMILES string of the molecule is CS(=O)(=O)CCCC(O)c1ccc(Cl)c(F)c1. The lowest BCUT2D eigenvalue weighted by Crippen LogP contribution is -2.06. The minimum absolute atomic E-state index is 0.00270. The standard InChI is InChI=1S/C11H14ClFO3S/c1-17(15,16)6-2-3-11(14)8-4-5-9(12)10(13)7-8/h4-5,7,11,14H,2-3,6H2,1H3. The van der Waals surface area contributed by atoms with Gasteiger partial charge in [-0.2, -0.15) is 0 Å². The maximum absolute atomic E-state index is 13.1. The first kappa shape index (κ1) is 14.4. The summed E-state index contributed by atoms with van der Waals surface area (Å²) in [6.45, 7) is 0. The van der Waals surface area contributed by atoms with Gasteiger partial charge in [-0.3, -0.25) is 0 Å². The molecular weight excluding hydrogens is 267 g/mol. The molecule has 0 aliphatic heterocycles. The molecule has 1 unspecified atom stereocenters. The van der Waals surface area contributed by atoms with Crippen LogP contribution in [0, 0.1) is 5.82 Å². The van der Waals surface area contributed by atoms with Gasteiger partial charge in [0.05, 0.1) is 11.1 Å². The maximum Gasteiger partial charge on any atom is 0.147 e. The second-order valence-electron chi connectivity index (χ2n) is 3.96. The van der Waals surface area contributed by atoms with Crippen LogP contribution < -0.4 is 0 Å². The molecule has 1 rings (SSSR count). The first-order valence-electron chi connectivity index (χ1n) is 5.10. The fourth-order valence-corrected chi connectivity index (χ4v) is 2.23. The third-order valence-electron chi connectivity index (χ3n) is 2.32. The minimum Gasteiger partial charge on any atom is -0.388 e. The Hall–Kier alpha value is -0.650. The lowest BCUT2D eigenvalue weighted by atomic mass is 10.1. The number of benzene rings is 1. The Labute approximate surface area is 105 Å². The van der Waals surface area contributed by atoms with E-state index in [2.05, 4.69) is 0 Å². The van der Waals surface area contributed by atoms with Crippen LogP contribution in [-0.2, 0) is 9.84 Å². The Morgan fingerprint density at radius 3 is 2.65 bits per heavy atom. The molecule has 0 saturated carbocycles. The van der Waals surface area contributed by atoms with E-state index in [0.717, 1.165) is 12.3 Å². The van der Waals surface area contributed by atoms with Crippen LogP contribution in [0.15, 0.2) is 18.2 Å². The van der Waals surface area contributed by atoms with Gasteiger partial charge in [0.1, 0.15) is 15.7 Å². The summed E-state index contributed by atoms with van der Waals surface area (Å²) in [5.74, 6) is -0.577. The monoisotopic (exact) mass is 280 g/mol. The predicted octanol–water partition coefficient (Wildman–Crippen LogP) is 2.34. The maximum atomic E-state index is 13.1. The molecule has 1 N–H and O–H groups in total. The number of hydrogen-bond acceptors (Lipinski definition) is 3. The first-order valence-corrected chi connectivity index (χ1v) is 7.54. The van der Waals surface area contributed by atoms with Crippen molar-refractivity contribution in [1.29, 1.82) is 0 Å². The normalized spacial score (nSPS) is 13.6. The molecule has 1 atom stereocenters. The summed E-state index contributed by atoms with van der Waals surface area (Å²) < 4.78 is 34.9. The number of sulfone groups is 1. The van der Waals surface area contributed by atoms with Crippen LogP contribution in [0.25, 0.3) is 0 Å². The zero-order chi connectivity index (χ0) is 13.1. The summed E-state index contributed by atoms with van der Waals surface area (Å²) in [6, 6.07) is 4.05. The highest BCUT2D eigenvalue weighted by Crippen LogP contribution is 2.23. The van der Waals surface area contributed by atoms with E-state index in [1.165, 1.54) is 12.1 Å². The Kier molecular flexibility index (Phi) is 4.91. The van der Waals surface area contributed by atoms with E-state index in [-0.39, 0.29) is 17.2 Å². The van der Waals surface area contributed by atoms with Crippen LogP contribution in [0.2, 0.25) is 5.02 Å². The fourth-order valence-electron chi connectivity index (χ4n) is 1.43. The van der Waals surface area contributed by atoms with Crippen molar-refractivity contribution in [2.75, 3.05) is 12.0 Å². The Balaban J connectivity index is 2.58. The quantitative estimate of drug-likeness (QED) is 0.901. The van der Waals surface area contributed by atoms with Gasteiger partial charge in [-0.05, 0) is 30.5 Å². The summed E-state index contributed by atoms with van der Waals surface area (Å²) in [4.78, 5) is 0. The smallest absolute Gasteiger partial charge is 0.147 e. The van der Waals surface area contributed by atoms with Crippen LogP contribution in [-0.4, -0.2) is 25.5 Å². The van der Waals surface area contributed by atoms with Crippen LogP contribution in [0.1, 0.15) is 24.5 Å².